The van der Waals surface area contributed by atoms with Gasteiger partial charge in [0.2, 0.25) is 0 Å². The molecule has 0 N–H and O–H groups in total. The molecular formula is C17H28N2O. The van der Waals surface area contributed by atoms with E-state index in [0.29, 0.717) is 0 Å². The van der Waals surface area contributed by atoms with Gasteiger partial charge in [0.1, 0.15) is 5.75 Å². The third-order valence-corrected chi connectivity index (χ3v) is 4.20. The molecule has 0 aliphatic carbocycles. The Kier molecular flexibility index (Phi) is 6.34. The van der Waals surface area contributed by atoms with E-state index in [-0.39, 0.29) is 0 Å². The van der Waals surface area contributed by atoms with Gasteiger partial charge in [0, 0.05) is 19.6 Å². The summed E-state index contributed by atoms with van der Waals surface area (Å²) in [5.74, 6) is 1.01. The normalized spacial score (nSPS) is 16.6. The molecule has 3 nitrogen and oxygen atoms in total. The van der Waals surface area contributed by atoms with E-state index >= 15 is 0 Å². The van der Waals surface area contributed by atoms with E-state index in [1.165, 1.54) is 44.5 Å². The highest BCUT2D eigenvalue weighted by Gasteiger charge is 2.10. The molecule has 3 heteroatoms. The molecule has 0 saturated carbocycles. The lowest BCUT2D eigenvalue weighted by Crippen LogP contribution is -2.37. The minimum atomic E-state index is 1.01. The van der Waals surface area contributed by atoms with Crippen molar-refractivity contribution in [2.75, 3.05) is 46.9 Å². The van der Waals surface area contributed by atoms with Crippen molar-refractivity contribution in [1.29, 1.82) is 0 Å². The summed E-state index contributed by atoms with van der Waals surface area (Å²) in [5, 5.41) is 0. The minimum Gasteiger partial charge on any atom is -0.496 e. The maximum atomic E-state index is 5.41. The van der Waals surface area contributed by atoms with Gasteiger partial charge in [-0.2, -0.15) is 0 Å². The molecule has 1 fully saturated rings. The maximum Gasteiger partial charge on any atom is 0.122 e. The van der Waals surface area contributed by atoms with Crippen LogP contribution in [0, 0.1) is 0 Å². The molecule has 1 aromatic rings. The van der Waals surface area contributed by atoms with Crippen LogP contribution in [0.15, 0.2) is 24.3 Å². The van der Waals surface area contributed by atoms with Crippen LogP contribution in [-0.2, 0) is 6.42 Å². The number of likely N-dealkylation sites (tertiary alicyclic amines) is 1. The quantitative estimate of drug-likeness (QED) is 0.761. The SMILES string of the molecule is COc1ccccc1CCN(C)CCN1CCCCC1. The Morgan fingerprint density at radius 2 is 1.85 bits per heavy atom. The summed E-state index contributed by atoms with van der Waals surface area (Å²) in [5.41, 5.74) is 1.31. The van der Waals surface area contributed by atoms with Gasteiger partial charge in [0.15, 0.2) is 0 Å². The third-order valence-electron chi connectivity index (χ3n) is 4.20. The van der Waals surface area contributed by atoms with Crippen LogP contribution < -0.4 is 4.74 Å². The molecule has 0 unspecified atom stereocenters. The number of methoxy groups -OCH3 is 1. The van der Waals surface area contributed by atoms with Crippen LogP contribution in [0.1, 0.15) is 24.8 Å². The van der Waals surface area contributed by atoms with Gasteiger partial charge in [0.25, 0.3) is 0 Å². The van der Waals surface area contributed by atoms with E-state index in [2.05, 4.69) is 29.0 Å². The standard InChI is InChI=1S/C17H28N2O/c1-18(14-15-19-11-6-3-7-12-19)13-10-16-8-4-5-9-17(16)20-2/h4-5,8-9H,3,6-7,10-15H2,1-2H3. The Morgan fingerprint density at radius 3 is 2.60 bits per heavy atom. The highest BCUT2D eigenvalue weighted by Crippen LogP contribution is 2.17. The fraction of sp³-hybridized carbons (Fsp3) is 0.647. The Balaban J connectivity index is 1.70. The molecule has 0 atom stereocenters. The summed E-state index contributed by atoms with van der Waals surface area (Å²) in [7, 11) is 3.97. The summed E-state index contributed by atoms with van der Waals surface area (Å²) in [6.07, 6.45) is 5.23. The molecule has 2 rings (SSSR count). The number of likely N-dealkylation sites (N-methyl/N-ethyl adjacent to an activating group) is 1. The van der Waals surface area contributed by atoms with Crippen molar-refractivity contribution < 1.29 is 4.74 Å². The Labute approximate surface area is 123 Å². The number of ether oxygens (including phenoxy) is 1. The number of nitrogens with zero attached hydrogens (tertiary/aromatic N) is 2. The highest BCUT2D eigenvalue weighted by atomic mass is 16.5. The molecule has 0 bridgehead atoms. The Morgan fingerprint density at radius 1 is 1.10 bits per heavy atom. The largest absolute Gasteiger partial charge is 0.496 e. The van der Waals surface area contributed by atoms with Gasteiger partial charge >= 0.3 is 0 Å². The second-order valence-corrected chi connectivity index (χ2v) is 5.77. The van der Waals surface area contributed by atoms with E-state index in [9.17, 15) is 0 Å². The molecule has 0 radical (unpaired) electrons. The van der Waals surface area contributed by atoms with E-state index in [1.54, 1.807) is 7.11 Å². The first-order chi connectivity index (χ1) is 9.79. The number of piperidine rings is 1. The number of hydrogen-bond acceptors (Lipinski definition) is 3. The van der Waals surface area contributed by atoms with E-state index in [4.69, 9.17) is 4.74 Å². The summed E-state index contributed by atoms with van der Waals surface area (Å²) >= 11 is 0. The van der Waals surface area contributed by atoms with Crippen molar-refractivity contribution in [3.8, 4) is 5.75 Å². The molecule has 112 valence electrons. The van der Waals surface area contributed by atoms with Crippen molar-refractivity contribution in [2.45, 2.75) is 25.7 Å². The molecule has 1 heterocycles. The number of hydrogen-bond donors (Lipinski definition) is 0. The molecule has 1 saturated heterocycles. The van der Waals surface area contributed by atoms with Gasteiger partial charge < -0.3 is 14.5 Å². The molecule has 0 spiro atoms. The molecule has 0 aromatic heterocycles. The zero-order chi connectivity index (χ0) is 14.2. The summed E-state index contributed by atoms with van der Waals surface area (Å²) in [4.78, 5) is 5.03. The lowest BCUT2D eigenvalue weighted by Gasteiger charge is -2.28. The van der Waals surface area contributed by atoms with E-state index in [0.717, 1.165) is 25.3 Å². The van der Waals surface area contributed by atoms with Crippen LogP contribution in [0.2, 0.25) is 0 Å². The van der Waals surface area contributed by atoms with Crippen molar-refractivity contribution in [1.82, 2.24) is 9.80 Å². The molecule has 0 amide bonds. The average Bonchev–Trinajstić information content (AvgIpc) is 2.52. The molecule has 1 aliphatic heterocycles. The van der Waals surface area contributed by atoms with Gasteiger partial charge in [-0.05, 0) is 51.0 Å². The first kappa shape index (κ1) is 15.3. The van der Waals surface area contributed by atoms with Crippen LogP contribution in [0.25, 0.3) is 0 Å². The third kappa shape index (κ3) is 4.80. The summed E-state index contributed by atoms with van der Waals surface area (Å²) < 4.78 is 5.41. The van der Waals surface area contributed by atoms with Gasteiger partial charge in [0.05, 0.1) is 7.11 Å². The smallest absolute Gasteiger partial charge is 0.122 e. The minimum absolute atomic E-state index is 1.01. The predicted octanol–water partition coefficient (Wildman–Crippen LogP) is 2.66. The maximum absolute atomic E-state index is 5.41. The second-order valence-electron chi connectivity index (χ2n) is 5.77. The van der Waals surface area contributed by atoms with Crippen LogP contribution in [0.3, 0.4) is 0 Å². The van der Waals surface area contributed by atoms with E-state index in [1.807, 2.05) is 12.1 Å². The Bertz CT molecular complexity index is 388. The van der Waals surface area contributed by atoms with E-state index < -0.39 is 0 Å². The molecule has 1 aromatic carbocycles. The monoisotopic (exact) mass is 276 g/mol. The fourth-order valence-electron chi connectivity index (χ4n) is 2.83. The van der Waals surface area contributed by atoms with Gasteiger partial charge in [-0.3, -0.25) is 0 Å². The number of benzene rings is 1. The topological polar surface area (TPSA) is 15.7 Å². The fourth-order valence-corrected chi connectivity index (χ4v) is 2.83. The van der Waals surface area contributed by atoms with Crippen LogP contribution in [0.4, 0.5) is 0 Å². The van der Waals surface area contributed by atoms with Gasteiger partial charge in [-0.1, -0.05) is 24.6 Å². The second kappa shape index (κ2) is 8.28. The van der Waals surface area contributed by atoms with Crippen molar-refractivity contribution >= 4 is 0 Å². The first-order valence-corrected chi connectivity index (χ1v) is 7.82. The van der Waals surface area contributed by atoms with Gasteiger partial charge in [-0.15, -0.1) is 0 Å². The predicted molar refractivity (Wildman–Crippen MR) is 84.5 cm³/mol. The first-order valence-electron chi connectivity index (χ1n) is 7.82. The van der Waals surface area contributed by atoms with Crippen molar-refractivity contribution in [3.05, 3.63) is 29.8 Å². The average molecular weight is 276 g/mol. The molecular weight excluding hydrogens is 248 g/mol. The van der Waals surface area contributed by atoms with Crippen molar-refractivity contribution in [2.24, 2.45) is 0 Å². The number of rotatable bonds is 7. The zero-order valence-electron chi connectivity index (χ0n) is 13.0. The Hall–Kier alpha value is -1.06. The zero-order valence-corrected chi connectivity index (χ0v) is 13.0. The van der Waals surface area contributed by atoms with Crippen molar-refractivity contribution in [3.63, 3.8) is 0 Å². The van der Waals surface area contributed by atoms with Crippen LogP contribution in [-0.4, -0.2) is 56.7 Å². The molecule has 1 aliphatic rings. The molecule has 20 heavy (non-hydrogen) atoms. The lowest BCUT2D eigenvalue weighted by atomic mass is 10.1. The van der Waals surface area contributed by atoms with Crippen LogP contribution in [0.5, 0.6) is 5.75 Å². The lowest BCUT2D eigenvalue weighted by molar-refractivity contribution is 0.197. The highest BCUT2D eigenvalue weighted by molar-refractivity contribution is 5.33. The number of para-hydroxylation sites is 1. The summed E-state index contributed by atoms with van der Waals surface area (Å²) in [6, 6.07) is 8.33. The summed E-state index contributed by atoms with van der Waals surface area (Å²) in [6.45, 7) is 6.05. The van der Waals surface area contributed by atoms with Crippen LogP contribution >= 0.6 is 0 Å². The van der Waals surface area contributed by atoms with Gasteiger partial charge in [-0.25, -0.2) is 0 Å².